The fraction of sp³-hybridized carbons (Fsp3) is 0.208. The molecule has 5 rings (SSSR count). The Morgan fingerprint density at radius 3 is 2.58 bits per heavy atom. The predicted molar refractivity (Wildman–Crippen MR) is 124 cm³/mol. The van der Waals surface area contributed by atoms with Crippen LogP contribution in [-0.2, 0) is 0 Å². The van der Waals surface area contributed by atoms with E-state index in [1.807, 2.05) is 41.3 Å². The third kappa shape index (κ3) is 3.72. The zero-order valence-corrected chi connectivity index (χ0v) is 18.0. The Balaban J connectivity index is 1.38. The van der Waals surface area contributed by atoms with Crippen LogP contribution in [0.4, 0.5) is 5.82 Å². The molecule has 2 aromatic carbocycles. The second-order valence-corrected chi connectivity index (χ2v) is 8.26. The molecule has 0 aliphatic carbocycles. The van der Waals surface area contributed by atoms with Crippen molar-refractivity contribution in [2.75, 3.05) is 38.2 Å². The lowest BCUT2D eigenvalue weighted by molar-refractivity contribution is 0.0746. The number of piperazine rings is 1. The SMILES string of the molecule is COc1cccc(C(=O)N2CCN(c3ncnc4scc(-c5ccccc5)c34)CC2)c1. The minimum atomic E-state index is 0.0342. The van der Waals surface area contributed by atoms with Gasteiger partial charge in [-0.15, -0.1) is 11.3 Å². The van der Waals surface area contributed by atoms with Gasteiger partial charge >= 0.3 is 0 Å². The second kappa shape index (κ2) is 8.35. The Labute approximate surface area is 184 Å². The smallest absolute Gasteiger partial charge is 0.254 e. The quantitative estimate of drug-likeness (QED) is 0.482. The van der Waals surface area contributed by atoms with Crippen LogP contribution in [-0.4, -0.2) is 54.1 Å². The predicted octanol–water partition coefficient (Wildman–Crippen LogP) is 4.33. The highest BCUT2D eigenvalue weighted by atomic mass is 32.1. The number of aromatic nitrogens is 2. The van der Waals surface area contributed by atoms with Crippen molar-refractivity contribution < 1.29 is 9.53 Å². The summed E-state index contributed by atoms with van der Waals surface area (Å²) in [5, 5.41) is 3.24. The molecule has 0 N–H and O–H groups in total. The molecule has 0 spiro atoms. The van der Waals surface area contributed by atoms with Crippen molar-refractivity contribution >= 4 is 33.3 Å². The van der Waals surface area contributed by atoms with Crippen LogP contribution < -0.4 is 9.64 Å². The normalized spacial score (nSPS) is 14.1. The molecule has 31 heavy (non-hydrogen) atoms. The molecule has 3 heterocycles. The molecule has 7 heteroatoms. The van der Waals surface area contributed by atoms with Gasteiger partial charge in [0, 0.05) is 42.7 Å². The zero-order valence-electron chi connectivity index (χ0n) is 17.2. The first-order valence-corrected chi connectivity index (χ1v) is 11.1. The number of ether oxygens (including phenoxy) is 1. The van der Waals surface area contributed by atoms with Crippen LogP contribution in [0.25, 0.3) is 21.3 Å². The minimum absolute atomic E-state index is 0.0342. The summed E-state index contributed by atoms with van der Waals surface area (Å²) in [5.41, 5.74) is 2.98. The third-order valence-electron chi connectivity index (χ3n) is 5.62. The number of amides is 1. The average molecular weight is 431 g/mol. The van der Waals surface area contributed by atoms with E-state index in [0.29, 0.717) is 24.4 Å². The number of carbonyl (C=O) groups is 1. The number of fused-ring (bicyclic) bond motifs is 1. The highest BCUT2D eigenvalue weighted by Crippen LogP contribution is 2.38. The van der Waals surface area contributed by atoms with Gasteiger partial charge < -0.3 is 14.5 Å². The van der Waals surface area contributed by atoms with Crippen molar-refractivity contribution in [3.63, 3.8) is 0 Å². The average Bonchev–Trinajstić information content (AvgIpc) is 3.29. The second-order valence-electron chi connectivity index (χ2n) is 7.40. The van der Waals surface area contributed by atoms with Crippen LogP contribution in [0.3, 0.4) is 0 Å². The summed E-state index contributed by atoms with van der Waals surface area (Å²) >= 11 is 1.64. The van der Waals surface area contributed by atoms with E-state index < -0.39 is 0 Å². The number of methoxy groups -OCH3 is 1. The number of rotatable bonds is 4. The van der Waals surface area contributed by atoms with Crippen molar-refractivity contribution in [3.05, 3.63) is 71.9 Å². The summed E-state index contributed by atoms with van der Waals surface area (Å²) in [6.45, 7) is 2.75. The molecular formula is C24H22N4O2S. The van der Waals surface area contributed by atoms with E-state index in [4.69, 9.17) is 4.74 Å². The van der Waals surface area contributed by atoms with E-state index in [0.717, 1.165) is 40.3 Å². The van der Waals surface area contributed by atoms with Crippen LogP contribution in [0.15, 0.2) is 66.3 Å². The summed E-state index contributed by atoms with van der Waals surface area (Å²) < 4.78 is 5.26. The molecule has 4 aromatic rings. The molecular weight excluding hydrogens is 408 g/mol. The maximum Gasteiger partial charge on any atom is 0.254 e. The molecule has 6 nitrogen and oxygen atoms in total. The van der Waals surface area contributed by atoms with Crippen LogP contribution in [0.2, 0.25) is 0 Å². The number of hydrogen-bond acceptors (Lipinski definition) is 6. The molecule has 0 bridgehead atoms. The van der Waals surface area contributed by atoms with Gasteiger partial charge in [0.05, 0.1) is 12.5 Å². The van der Waals surface area contributed by atoms with Crippen LogP contribution in [0.1, 0.15) is 10.4 Å². The topological polar surface area (TPSA) is 58.6 Å². The minimum Gasteiger partial charge on any atom is -0.497 e. The Kier molecular flexibility index (Phi) is 5.26. The number of carbonyl (C=O) groups excluding carboxylic acids is 1. The summed E-state index contributed by atoms with van der Waals surface area (Å²) in [6, 6.07) is 17.7. The lowest BCUT2D eigenvalue weighted by Crippen LogP contribution is -2.49. The van der Waals surface area contributed by atoms with Crippen molar-refractivity contribution in [2.45, 2.75) is 0 Å². The molecule has 0 radical (unpaired) electrons. The summed E-state index contributed by atoms with van der Waals surface area (Å²) in [6.07, 6.45) is 1.64. The first kappa shape index (κ1) is 19.5. The molecule has 0 saturated carbocycles. The van der Waals surface area contributed by atoms with Gasteiger partial charge in [-0.2, -0.15) is 0 Å². The van der Waals surface area contributed by atoms with Gasteiger partial charge in [0.15, 0.2) is 0 Å². The van der Waals surface area contributed by atoms with Crippen molar-refractivity contribution in [2.24, 2.45) is 0 Å². The molecule has 1 saturated heterocycles. The van der Waals surface area contributed by atoms with Crippen molar-refractivity contribution in [3.8, 4) is 16.9 Å². The van der Waals surface area contributed by atoms with E-state index in [-0.39, 0.29) is 5.91 Å². The Morgan fingerprint density at radius 1 is 1.00 bits per heavy atom. The zero-order chi connectivity index (χ0) is 21.2. The lowest BCUT2D eigenvalue weighted by atomic mass is 10.1. The molecule has 1 amide bonds. The Hall–Kier alpha value is -3.45. The fourth-order valence-electron chi connectivity index (χ4n) is 3.99. The Bertz CT molecular complexity index is 1220. The number of hydrogen-bond donors (Lipinski definition) is 0. The monoisotopic (exact) mass is 430 g/mol. The largest absolute Gasteiger partial charge is 0.497 e. The van der Waals surface area contributed by atoms with E-state index >= 15 is 0 Å². The Morgan fingerprint density at radius 2 is 1.81 bits per heavy atom. The fourth-order valence-corrected chi connectivity index (χ4v) is 4.90. The van der Waals surface area contributed by atoms with Crippen LogP contribution >= 0.6 is 11.3 Å². The number of anilines is 1. The summed E-state index contributed by atoms with van der Waals surface area (Å²) in [4.78, 5) is 27.2. The van der Waals surface area contributed by atoms with Gasteiger partial charge in [-0.1, -0.05) is 36.4 Å². The standard InChI is InChI=1S/C24H22N4O2S/c1-30-19-9-5-8-18(14-19)24(29)28-12-10-27(11-13-28)22-21-20(17-6-3-2-4-7-17)15-31-23(21)26-16-25-22/h2-9,14-16H,10-13H2,1H3. The number of benzene rings is 2. The molecule has 156 valence electrons. The summed E-state index contributed by atoms with van der Waals surface area (Å²) in [7, 11) is 1.61. The van der Waals surface area contributed by atoms with Gasteiger partial charge in [-0.3, -0.25) is 4.79 Å². The molecule has 1 aliphatic heterocycles. The number of thiophene rings is 1. The van der Waals surface area contributed by atoms with Gasteiger partial charge in [0.25, 0.3) is 5.91 Å². The van der Waals surface area contributed by atoms with Gasteiger partial charge in [0.1, 0.15) is 22.7 Å². The van der Waals surface area contributed by atoms with Crippen LogP contribution in [0, 0.1) is 0 Å². The maximum absolute atomic E-state index is 12.9. The summed E-state index contributed by atoms with van der Waals surface area (Å²) in [5.74, 6) is 1.67. The van der Waals surface area contributed by atoms with Crippen molar-refractivity contribution in [1.29, 1.82) is 0 Å². The van der Waals surface area contributed by atoms with E-state index in [1.165, 1.54) is 0 Å². The molecule has 0 unspecified atom stereocenters. The van der Waals surface area contributed by atoms with E-state index in [2.05, 4.69) is 32.4 Å². The molecule has 1 fully saturated rings. The van der Waals surface area contributed by atoms with Crippen molar-refractivity contribution in [1.82, 2.24) is 14.9 Å². The first-order chi connectivity index (χ1) is 15.2. The molecule has 2 aromatic heterocycles. The van der Waals surface area contributed by atoms with E-state index in [1.54, 1.807) is 30.8 Å². The van der Waals surface area contributed by atoms with Crippen LogP contribution in [0.5, 0.6) is 5.75 Å². The lowest BCUT2D eigenvalue weighted by Gasteiger charge is -2.35. The maximum atomic E-state index is 12.9. The van der Waals surface area contributed by atoms with Gasteiger partial charge in [-0.05, 0) is 23.8 Å². The molecule has 1 aliphatic rings. The van der Waals surface area contributed by atoms with Gasteiger partial charge in [0.2, 0.25) is 0 Å². The molecule has 0 atom stereocenters. The third-order valence-corrected chi connectivity index (χ3v) is 6.50. The highest BCUT2D eigenvalue weighted by molar-refractivity contribution is 7.17. The number of nitrogens with zero attached hydrogens (tertiary/aromatic N) is 4. The van der Waals surface area contributed by atoms with Gasteiger partial charge in [-0.25, -0.2) is 9.97 Å². The van der Waals surface area contributed by atoms with E-state index in [9.17, 15) is 4.79 Å². The highest BCUT2D eigenvalue weighted by Gasteiger charge is 2.25. The first-order valence-electron chi connectivity index (χ1n) is 10.2.